The van der Waals surface area contributed by atoms with Gasteiger partial charge in [0.1, 0.15) is 11.9 Å². The van der Waals surface area contributed by atoms with Crippen molar-refractivity contribution < 1.29 is 13.4 Å². The second kappa shape index (κ2) is 7.84. The van der Waals surface area contributed by atoms with Gasteiger partial charge < -0.3 is 5.32 Å². The summed E-state index contributed by atoms with van der Waals surface area (Å²) in [6.07, 6.45) is 0.415. The van der Waals surface area contributed by atoms with E-state index in [1.54, 1.807) is 23.9 Å². The fourth-order valence-electron chi connectivity index (χ4n) is 3.11. The van der Waals surface area contributed by atoms with Gasteiger partial charge in [-0.05, 0) is 42.3 Å². The van der Waals surface area contributed by atoms with Gasteiger partial charge in [0, 0.05) is 18.8 Å². The van der Waals surface area contributed by atoms with Gasteiger partial charge in [-0.3, -0.25) is 4.79 Å². The van der Waals surface area contributed by atoms with E-state index in [2.05, 4.69) is 15.0 Å². The highest BCUT2D eigenvalue weighted by molar-refractivity contribution is 7.80. The summed E-state index contributed by atoms with van der Waals surface area (Å²) in [5.74, 6) is -0.892. The van der Waals surface area contributed by atoms with Gasteiger partial charge in [-0.25, -0.2) is 22.6 Å². The van der Waals surface area contributed by atoms with Crippen molar-refractivity contribution in [2.45, 2.75) is 18.5 Å². The molecule has 0 bridgehead atoms. The highest BCUT2D eigenvalue weighted by Crippen LogP contribution is 2.30. The molecule has 3 atom stereocenters. The molecule has 0 spiro atoms. The van der Waals surface area contributed by atoms with Crippen molar-refractivity contribution >= 4 is 55.9 Å². The number of carbonyl (C=O) groups is 1. The summed E-state index contributed by atoms with van der Waals surface area (Å²) >= 11 is 5.79. The van der Waals surface area contributed by atoms with Crippen LogP contribution in [0.5, 0.6) is 0 Å². The molecule has 1 fully saturated rings. The minimum atomic E-state index is -1.54. The molecule has 0 radical (unpaired) electrons. The number of halogens is 2. The molecule has 2 heterocycles. The number of fused-ring (bicyclic) bond motifs is 1. The third-order valence-electron chi connectivity index (χ3n) is 4.65. The highest BCUT2D eigenvalue weighted by Gasteiger charge is 2.36. The molecular weight excluding hydrogens is 423 g/mol. The first kappa shape index (κ1) is 19.4. The molecule has 2 N–H and O–H groups in total. The Kier molecular flexibility index (Phi) is 5.44. The van der Waals surface area contributed by atoms with Crippen LogP contribution in [-0.4, -0.2) is 32.5 Å². The molecule has 0 saturated carbocycles. The Bertz CT molecular complexity index is 1080. The topological polar surface area (TPSA) is 74.3 Å². The summed E-state index contributed by atoms with van der Waals surface area (Å²) in [5, 5.41) is 2.65. The Morgan fingerprint density at radius 2 is 2.21 bits per heavy atom. The Morgan fingerprint density at radius 3 is 3.00 bits per heavy atom. The molecule has 6 nitrogen and oxygen atoms in total. The van der Waals surface area contributed by atoms with Crippen LogP contribution in [0.4, 0.5) is 10.1 Å². The SMILES string of the molecule is CN1C(C(=O)Nc2ccc(F)c(Cl)c2)CC(c2ccc3scnc3c2)NS1=O. The van der Waals surface area contributed by atoms with E-state index in [1.807, 2.05) is 18.2 Å². The number of aromatic nitrogens is 1. The van der Waals surface area contributed by atoms with Crippen LogP contribution in [0.1, 0.15) is 18.0 Å². The van der Waals surface area contributed by atoms with E-state index in [0.717, 1.165) is 15.8 Å². The molecule has 10 heteroatoms. The molecule has 0 aliphatic carbocycles. The summed E-state index contributed by atoms with van der Waals surface area (Å²) in [6.45, 7) is 0. The smallest absolute Gasteiger partial charge is 0.242 e. The Morgan fingerprint density at radius 1 is 1.39 bits per heavy atom. The first-order chi connectivity index (χ1) is 13.4. The van der Waals surface area contributed by atoms with E-state index in [1.165, 1.54) is 22.5 Å². The number of anilines is 1. The summed E-state index contributed by atoms with van der Waals surface area (Å²) < 4.78 is 31.4. The molecule has 1 aromatic heterocycles. The maximum Gasteiger partial charge on any atom is 0.242 e. The van der Waals surface area contributed by atoms with E-state index in [0.29, 0.717) is 12.1 Å². The zero-order valence-electron chi connectivity index (χ0n) is 14.7. The third kappa shape index (κ3) is 3.81. The summed E-state index contributed by atoms with van der Waals surface area (Å²) in [5.41, 5.74) is 3.95. The van der Waals surface area contributed by atoms with Crippen molar-refractivity contribution in [3.05, 3.63) is 58.3 Å². The number of rotatable bonds is 3. The minimum absolute atomic E-state index is 0.0746. The maximum atomic E-state index is 13.3. The lowest BCUT2D eigenvalue weighted by atomic mass is 9.99. The second-order valence-corrected chi connectivity index (χ2v) is 9.02. The van der Waals surface area contributed by atoms with Crippen molar-refractivity contribution in [3.63, 3.8) is 0 Å². The molecule has 146 valence electrons. The van der Waals surface area contributed by atoms with E-state index < -0.39 is 23.0 Å². The van der Waals surface area contributed by atoms with Crippen LogP contribution >= 0.6 is 22.9 Å². The predicted molar refractivity (Wildman–Crippen MR) is 110 cm³/mol. The van der Waals surface area contributed by atoms with Crippen LogP contribution in [0.3, 0.4) is 0 Å². The largest absolute Gasteiger partial charge is 0.325 e. The zero-order valence-corrected chi connectivity index (χ0v) is 17.1. The molecule has 28 heavy (non-hydrogen) atoms. The number of benzene rings is 2. The van der Waals surface area contributed by atoms with Crippen LogP contribution in [0.25, 0.3) is 10.2 Å². The van der Waals surface area contributed by atoms with E-state index in [9.17, 15) is 13.4 Å². The normalized spacial score (nSPS) is 23.0. The summed E-state index contributed by atoms with van der Waals surface area (Å²) in [7, 11) is 1.62. The molecular formula is C18H16ClFN4O2S2. The van der Waals surface area contributed by atoms with Gasteiger partial charge in [-0.1, -0.05) is 17.7 Å². The van der Waals surface area contributed by atoms with Gasteiger partial charge in [0.2, 0.25) is 5.91 Å². The van der Waals surface area contributed by atoms with Crippen molar-refractivity contribution in [1.29, 1.82) is 0 Å². The first-order valence-corrected chi connectivity index (χ1v) is 10.8. The van der Waals surface area contributed by atoms with Gasteiger partial charge in [0.25, 0.3) is 0 Å². The van der Waals surface area contributed by atoms with E-state index in [-0.39, 0.29) is 17.0 Å². The number of thiazole rings is 1. The Hall–Kier alpha value is -1.91. The number of likely N-dealkylation sites (N-methyl/N-ethyl adjacent to an activating group) is 1. The zero-order chi connectivity index (χ0) is 19.8. The molecule has 1 saturated heterocycles. The van der Waals surface area contributed by atoms with E-state index >= 15 is 0 Å². The molecule has 2 aromatic carbocycles. The lowest BCUT2D eigenvalue weighted by Crippen LogP contribution is -2.53. The number of carbonyl (C=O) groups excluding carboxylic acids is 1. The number of hydrogen-bond donors (Lipinski definition) is 2. The van der Waals surface area contributed by atoms with Gasteiger partial charge in [0.05, 0.1) is 20.7 Å². The van der Waals surface area contributed by atoms with Crippen molar-refractivity contribution in [2.24, 2.45) is 0 Å². The quantitative estimate of drug-likeness (QED) is 0.655. The first-order valence-electron chi connectivity index (χ1n) is 8.42. The van der Waals surface area contributed by atoms with Gasteiger partial charge in [-0.2, -0.15) is 0 Å². The predicted octanol–water partition coefficient (Wildman–Crippen LogP) is 3.64. The summed E-state index contributed by atoms with van der Waals surface area (Å²) in [6, 6.07) is 8.94. The summed E-state index contributed by atoms with van der Waals surface area (Å²) in [4.78, 5) is 17.1. The minimum Gasteiger partial charge on any atom is -0.325 e. The fourth-order valence-corrected chi connectivity index (χ4v) is 5.00. The molecule has 1 amide bonds. The van der Waals surface area contributed by atoms with Gasteiger partial charge >= 0.3 is 0 Å². The number of hydrogen-bond acceptors (Lipinski definition) is 4. The van der Waals surface area contributed by atoms with Crippen LogP contribution in [0.15, 0.2) is 41.9 Å². The molecule has 3 aromatic rings. The number of amides is 1. The number of nitrogens with zero attached hydrogens (tertiary/aromatic N) is 2. The van der Waals surface area contributed by atoms with Crippen LogP contribution < -0.4 is 10.0 Å². The van der Waals surface area contributed by atoms with E-state index in [4.69, 9.17) is 11.6 Å². The third-order valence-corrected chi connectivity index (χ3v) is 7.01. The monoisotopic (exact) mass is 438 g/mol. The van der Waals surface area contributed by atoms with Gasteiger partial charge in [0.15, 0.2) is 11.2 Å². The Balaban J connectivity index is 1.55. The lowest BCUT2D eigenvalue weighted by molar-refractivity contribution is -0.120. The second-order valence-electron chi connectivity index (χ2n) is 6.41. The van der Waals surface area contributed by atoms with Crippen molar-refractivity contribution in [3.8, 4) is 0 Å². The van der Waals surface area contributed by atoms with Crippen LogP contribution in [0, 0.1) is 5.82 Å². The molecule has 1 aliphatic rings. The highest BCUT2D eigenvalue weighted by atomic mass is 35.5. The Labute approximate surface area is 172 Å². The standard InChI is InChI=1S/C18H16ClFN4O2S2/c1-24-16(18(25)22-11-3-4-13(20)12(19)7-11)8-14(23-28(24)26)10-2-5-17-15(6-10)21-9-27-17/h2-7,9,14,16,23H,8H2,1H3,(H,22,25). The maximum absolute atomic E-state index is 13.3. The molecule has 1 aliphatic heterocycles. The van der Waals surface area contributed by atoms with Gasteiger partial charge in [-0.15, -0.1) is 11.3 Å². The number of nitrogens with one attached hydrogen (secondary N) is 2. The average molecular weight is 439 g/mol. The fraction of sp³-hybridized carbons (Fsp3) is 0.222. The van der Waals surface area contributed by atoms with Crippen molar-refractivity contribution in [1.82, 2.24) is 14.0 Å². The lowest BCUT2D eigenvalue weighted by Gasteiger charge is -2.35. The van der Waals surface area contributed by atoms with Crippen LogP contribution in [0.2, 0.25) is 5.02 Å². The molecule has 3 unspecified atom stereocenters. The average Bonchev–Trinajstić information content (AvgIpc) is 3.14. The molecule has 4 rings (SSSR count). The van der Waals surface area contributed by atoms with Crippen molar-refractivity contribution in [2.75, 3.05) is 12.4 Å². The van der Waals surface area contributed by atoms with Crippen LogP contribution in [-0.2, 0) is 16.0 Å².